The van der Waals surface area contributed by atoms with Gasteiger partial charge in [0.25, 0.3) is 0 Å². The Hall–Kier alpha value is -3.09. The maximum absolute atomic E-state index is 5.71. The first kappa shape index (κ1) is 23.2. The number of rotatable bonds is 11. The zero-order valence-corrected chi connectivity index (χ0v) is 18.6. The fourth-order valence-electron chi connectivity index (χ4n) is 2.92. The third kappa shape index (κ3) is 6.76. The Morgan fingerprint density at radius 3 is 2.13 bits per heavy atom. The van der Waals surface area contributed by atoms with Crippen LogP contribution in [0.25, 0.3) is 0 Å². The van der Waals surface area contributed by atoms with Gasteiger partial charge >= 0.3 is 0 Å². The van der Waals surface area contributed by atoms with Gasteiger partial charge in [-0.2, -0.15) is 0 Å². The second-order valence-corrected chi connectivity index (χ2v) is 6.63. The van der Waals surface area contributed by atoms with Crippen LogP contribution < -0.4 is 29.6 Å². The van der Waals surface area contributed by atoms with Crippen LogP contribution >= 0.6 is 0 Å². The van der Waals surface area contributed by atoms with E-state index in [1.54, 1.807) is 28.4 Å². The molecule has 0 saturated carbocycles. The molecule has 7 heteroatoms. The Morgan fingerprint density at radius 2 is 1.47 bits per heavy atom. The average molecular weight is 416 g/mol. The van der Waals surface area contributed by atoms with Crippen molar-refractivity contribution in [3.05, 3.63) is 47.5 Å². The lowest BCUT2D eigenvalue weighted by Gasteiger charge is -2.14. The van der Waals surface area contributed by atoms with E-state index in [9.17, 15) is 0 Å². The molecular weight excluding hydrogens is 382 g/mol. The number of nitrogens with one attached hydrogen (secondary N) is 2. The van der Waals surface area contributed by atoms with Gasteiger partial charge in [0.1, 0.15) is 0 Å². The number of nitrogens with zero attached hydrogens (tertiary/aromatic N) is 1. The monoisotopic (exact) mass is 415 g/mol. The van der Waals surface area contributed by atoms with Crippen molar-refractivity contribution < 1.29 is 18.9 Å². The molecule has 30 heavy (non-hydrogen) atoms. The van der Waals surface area contributed by atoms with Gasteiger partial charge in [-0.1, -0.05) is 19.1 Å². The number of guanidine groups is 1. The van der Waals surface area contributed by atoms with E-state index in [-0.39, 0.29) is 0 Å². The Balaban J connectivity index is 1.86. The third-order valence-corrected chi connectivity index (χ3v) is 4.53. The Labute approximate surface area is 179 Å². The van der Waals surface area contributed by atoms with Gasteiger partial charge in [0.05, 0.1) is 27.9 Å². The number of hydrogen-bond acceptors (Lipinski definition) is 5. The Morgan fingerprint density at radius 1 is 0.833 bits per heavy atom. The molecule has 0 spiro atoms. The van der Waals surface area contributed by atoms with E-state index in [4.69, 9.17) is 18.9 Å². The van der Waals surface area contributed by atoms with Gasteiger partial charge in [0.2, 0.25) is 0 Å². The van der Waals surface area contributed by atoms with E-state index in [2.05, 4.69) is 22.5 Å². The summed E-state index contributed by atoms with van der Waals surface area (Å²) in [6.45, 7) is 4.11. The average Bonchev–Trinajstić information content (AvgIpc) is 2.79. The van der Waals surface area contributed by atoms with E-state index in [1.807, 2.05) is 36.4 Å². The molecule has 0 unspecified atom stereocenters. The van der Waals surface area contributed by atoms with E-state index in [1.165, 1.54) is 0 Å². The molecule has 0 aliphatic carbocycles. The number of aliphatic imine (C=N–C) groups is 1. The molecule has 0 fully saturated rings. The molecule has 164 valence electrons. The highest BCUT2D eigenvalue weighted by atomic mass is 16.5. The van der Waals surface area contributed by atoms with Crippen LogP contribution in [-0.2, 0) is 13.0 Å². The Kier molecular flexibility index (Phi) is 9.64. The quantitative estimate of drug-likeness (QED) is 0.433. The van der Waals surface area contributed by atoms with Crippen LogP contribution in [0.2, 0.25) is 0 Å². The second-order valence-electron chi connectivity index (χ2n) is 6.63. The minimum Gasteiger partial charge on any atom is -0.493 e. The summed E-state index contributed by atoms with van der Waals surface area (Å²) in [4.78, 5) is 4.29. The van der Waals surface area contributed by atoms with Crippen molar-refractivity contribution in [2.24, 2.45) is 4.99 Å². The molecule has 7 nitrogen and oxygen atoms in total. The van der Waals surface area contributed by atoms with Crippen LogP contribution in [0.5, 0.6) is 23.0 Å². The minimum absolute atomic E-state index is 0.625. The normalized spacial score (nSPS) is 11.0. The number of benzene rings is 2. The molecule has 0 atom stereocenters. The van der Waals surface area contributed by atoms with Gasteiger partial charge < -0.3 is 29.6 Å². The highest BCUT2D eigenvalue weighted by molar-refractivity contribution is 5.79. The molecule has 2 rings (SSSR count). The van der Waals surface area contributed by atoms with Crippen molar-refractivity contribution in [2.45, 2.75) is 26.3 Å². The molecule has 0 aliphatic heterocycles. The first-order valence-electron chi connectivity index (χ1n) is 10.1. The van der Waals surface area contributed by atoms with Gasteiger partial charge in [-0.05, 0) is 48.2 Å². The summed E-state index contributed by atoms with van der Waals surface area (Å²) in [6.07, 6.45) is 1.79. The van der Waals surface area contributed by atoms with E-state index < -0.39 is 0 Å². The van der Waals surface area contributed by atoms with Crippen molar-refractivity contribution in [3.63, 3.8) is 0 Å². The van der Waals surface area contributed by atoms with Gasteiger partial charge in [-0.25, -0.2) is 0 Å². The number of hydrogen-bond donors (Lipinski definition) is 2. The van der Waals surface area contributed by atoms with Crippen LogP contribution in [0.1, 0.15) is 24.5 Å². The highest BCUT2D eigenvalue weighted by Gasteiger charge is 2.07. The summed E-state index contributed by atoms with van der Waals surface area (Å²) in [5.41, 5.74) is 2.24. The number of ether oxygens (including phenoxy) is 4. The molecule has 0 heterocycles. The number of methoxy groups -OCH3 is 3. The molecule has 2 aromatic rings. The predicted octanol–water partition coefficient (Wildman–Crippen LogP) is 3.41. The first-order chi connectivity index (χ1) is 14.6. The maximum Gasteiger partial charge on any atom is 0.191 e. The van der Waals surface area contributed by atoms with Crippen molar-refractivity contribution in [1.82, 2.24) is 10.6 Å². The van der Waals surface area contributed by atoms with Crippen LogP contribution in [-0.4, -0.2) is 47.5 Å². The zero-order chi connectivity index (χ0) is 21.8. The third-order valence-electron chi connectivity index (χ3n) is 4.53. The van der Waals surface area contributed by atoms with Crippen LogP contribution in [0.4, 0.5) is 0 Å². The van der Waals surface area contributed by atoms with E-state index >= 15 is 0 Å². The van der Waals surface area contributed by atoms with Crippen LogP contribution in [0.3, 0.4) is 0 Å². The lowest BCUT2D eigenvalue weighted by Crippen LogP contribution is -2.37. The topological polar surface area (TPSA) is 73.3 Å². The molecule has 0 bridgehead atoms. The smallest absolute Gasteiger partial charge is 0.191 e. The minimum atomic E-state index is 0.625. The predicted molar refractivity (Wildman–Crippen MR) is 120 cm³/mol. The molecular formula is C23H33N3O4. The summed E-state index contributed by atoms with van der Waals surface area (Å²) in [7, 11) is 6.69. The van der Waals surface area contributed by atoms with Crippen molar-refractivity contribution in [2.75, 3.05) is 41.5 Å². The molecule has 0 aliphatic rings. The SMILES string of the molecule is CCCOc1ccc(CNC(=NC)NCCc2ccc(OC)c(OC)c2)cc1OC. The van der Waals surface area contributed by atoms with Crippen molar-refractivity contribution in [1.29, 1.82) is 0 Å². The van der Waals surface area contributed by atoms with Gasteiger partial charge in [0, 0.05) is 20.1 Å². The summed E-state index contributed by atoms with van der Waals surface area (Å²) < 4.78 is 21.8. The molecule has 2 aromatic carbocycles. The maximum atomic E-state index is 5.71. The second kappa shape index (κ2) is 12.5. The lowest BCUT2D eigenvalue weighted by atomic mass is 10.1. The molecule has 0 radical (unpaired) electrons. The fraction of sp³-hybridized carbons (Fsp3) is 0.435. The highest BCUT2D eigenvalue weighted by Crippen LogP contribution is 2.28. The summed E-state index contributed by atoms with van der Waals surface area (Å²) in [6, 6.07) is 11.9. The van der Waals surface area contributed by atoms with Crippen LogP contribution in [0, 0.1) is 0 Å². The largest absolute Gasteiger partial charge is 0.493 e. The zero-order valence-electron chi connectivity index (χ0n) is 18.6. The molecule has 0 aromatic heterocycles. The molecule has 0 saturated heterocycles. The van der Waals surface area contributed by atoms with E-state index in [0.717, 1.165) is 59.5 Å². The summed E-state index contributed by atoms with van der Waals surface area (Å²) in [5, 5.41) is 6.66. The van der Waals surface area contributed by atoms with Crippen molar-refractivity contribution >= 4 is 5.96 Å². The molecule has 0 amide bonds. The summed E-state index contributed by atoms with van der Waals surface area (Å²) in [5.74, 6) is 3.70. The van der Waals surface area contributed by atoms with Gasteiger partial charge in [-0.15, -0.1) is 0 Å². The standard InChI is InChI=1S/C23H33N3O4/c1-6-13-30-20-10-8-18(15-22(20)29-5)16-26-23(24-2)25-12-11-17-7-9-19(27-3)21(14-17)28-4/h7-10,14-15H,6,11-13,16H2,1-5H3,(H2,24,25,26). The Bertz CT molecular complexity index is 824. The fourth-order valence-corrected chi connectivity index (χ4v) is 2.92. The first-order valence-corrected chi connectivity index (χ1v) is 10.1. The van der Waals surface area contributed by atoms with E-state index in [0.29, 0.717) is 13.2 Å². The molecule has 2 N–H and O–H groups in total. The lowest BCUT2D eigenvalue weighted by molar-refractivity contribution is 0.294. The van der Waals surface area contributed by atoms with Crippen molar-refractivity contribution in [3.8, 4) is 23.0 Å². The van der Waals surface area contributed by atoms with Gasteiger partial charge in [0.15, 0.2) is 29.0 Å². The summed E-state index contributed by atoms with van der Waals surface area (Å²) >= 11 is 0. The van der Waals surface area contributed by atoms with Crippen LogP contribution in [0.15, 0.2) is 41.4 Å². The van der Waals surface area contributed by atoms with Gasteiger partial charge in [-0.3, -0.25) is 4.99 Å².